The van der Waals surface area contributed by atoms with Gasteiger partial charge in [-0.3, -0.25) is 0 Å². The van der Waals surface area contributed by atoms with E-state index in [4.69, 9.17) is 21.9 Å². The molecule has 3 aromatic rings. The molecule has 3 N–H and O–H groups in total. The lowest BCUT2D eigenvalue weighted by Crippen LogP contribution is -1.90. The minimum absolute atomic E-state index is 0.00930. The van der Waals surface area contributed by atoms with Crippen LogP contribution in [0.1, 0.15) is 11.4 Å². The molecule has 2 aromatic carbocycles. The molecule has 0 aliphatic heterocycles. The lowest BCUT2D eigenvalue weighted by Gasteiger charge is -1.99. The van der Waals surface area contributed by atoms with E-state index in [0.29, 0.717) is 34.4 Å². The van der Waals surface area contributed by atoms with Gasteiger partial charge in [-0.1, -0.05) is 28.9 Å². The maximum atomic E-state index is 9.60. The molecule has 6 heteroatoms. The minimum Gasteiger partial charge on any atom is -0.506 e. The van der Waals surface area contributed by atoms with Crippen LogP contribution in [0, 0.1) is 0 Å². The van der Waals surface area contributed by atoms with E-state index < -0.39 is 0 Å². The molecule has 21 heavy (non-hydrogen) atoms. The summed E-state index contributed by atoms with van der Waals surface area (Å²) in [7, 11) is 0. The summed E-state index contributed by atoms with van der Waals surface area (Å²) in [5.74, 6) is 0.892. The number of nitrogen functional groups attached to an aromatic ring is 1. The number of anilines is 1. The van der Waals surface area contributed by atoms with Gasteiger partial charge in [0.1, 0.15) is 5.75 Å². The number of phenols is 1. The maximum Gasteiger partial charge on any atom is 0.258 e. The zero-order valence-corrected chi connectivity index (χ0v) is 11.7. The molecule has 5 nitrogen and oxygen atoms in total. The average Bonchev–Trinajstić information content (AvgIpc) is 2.93. The third kappa shape index (κ3) is 2.98. The van der Waals surface area contributed by atoms with Crippen LogP contribution < -0.4 is 5.73 Å². The Bertz CT molecular complexity index is 769. The van der Waals surface area contributed by atoms with Crippen LogP contribution in [0.5, 0.6) is 5.75 Å². The van der Waals surface area contributed by atoms with E-state index in [1.807, 2.05) is 24.3 Å². The first-order chi connectivity index (χ1) is 10.1. The fourth-order valence-corrected chi connectivity index (χ4v) is 2.03. The normalized spacial score (nSPS) is 10.7. The third-order valence-corrected chi connectivity index (χ3v) is 3.27. The van der Waals surface area contributed by atoms with E-state index in [-0.39, 0.29) is 5.75 Å². The number of nitrogens with two attached hydrogens (primary N) is 1. The van der Waals surface area contributed by atoms with Gasteiger partial charge in [0.15, 0.2) is 5.82 Å². The molecule has 1 heterocycles. The smallest absolute Gasteiger partial charge is 0.258 e. The number of aromatic nitrogens is 2. The molecule has 0 saturated carbocycles. The number of benzene rings is 2. The summed E-state index contributed by atoms with van der Waals surface area (Å²) in [4.78, 5) is 4.31. The number of aromatic hydroxyl groups is 1. The SMILES string of the molecule is Nc1ccc(-c2nc(Cc3ccc(Cl)cc3)no2)cc1O. The Hall–Kier alpha value is -2.53. The van der Waals surface area contributed by atoms with Crippen LogP contribution >= 0.6 is 11.6 Å². The molecule has 3 rings (SSSR count). The van der Waals surface area contributed by atoms with Crippen molar-refractivity contribution in [3.63, 3.8) is 0 Å². The van der Waals surface area contributed by atoms with Crippen molar-refractivity contribution in [3.05, 3.63) is 58.9 Å². The van der Waals surface area contributed by atoms with Crippen LogP contribution in [-0.2, 0) is 6.42 Å². The van der Waals surface area contributed by atoms with E-state index in [9.17, 15) is 5.11 Å². The van der Waals surface area contributed by atoms with Crippen molar-refractivity contribution in [2.24, 2.45) is 0 Å². The highest BCUT2D eigenvalue weighted by atomic mass is 35.5. The molecule has 0 aliphatic rings. The Morgan fingerprint density at radius 1 is 1.14 bits per heavy atom. The quantitative estimate of drug-likeness (QED) is 0.573. The topological polar surface area (TPSA) is 85.2 Å². The van der Waals surface area contributed by atoms with Gasteiger partial charge in [0.2, 0.25) is 0 Å². The van der Waals surface area contributed by atoms with Gasteiger partial charge in [0.25, 0.3) is 5.89 Å². The third-order valence-electron chi connectivity index (χ3n) is 3.02. The zero-order valence-electron chi connectivity index (χ0n) is 11.0. The van der Waals surface area contributed by atoms with E-state index in [1.165, 1.54) is 6.07 Å². The van der Waals surface area contributed by atoms with Crippen LogP contribution in [-0.4, -0.2) is 15.2 Å². The van der Waals surface area contributed by atoms with Gasteiger partial charge in [-0.15, -0.1) is 0 Å². The number of hydrogen-bond donors (Lipinski definition) is 2. The number of phenolic OH excluding ortho intramolecular Hbond substituents is 1. The summed E-state index contributed by atoms with van der Waals surface area (Å²) in [6.07, 6.45) is 0.543. The highest BCUT2D eigenvalue weighted by Gasteiger charge is 2.11. The van der Waals surface area contributed by atoms with Crippen molar-refractivity contribution in [2.75, 3.05) is 5.73 Å². The van der Waals surface area contributed by atoms with Crippen molar-refractivity contribution >= 4 is 17.3 Å². The maximum absolute atomic E-state index is 9.60. The summed E-state index contributed by atoms with van der Waals surface area (Å²) in [5.41, 5.74) is 7.52. The van der Waals surface area contributed by atoms with Gasteiger partial charge in [-0.25, -0.2) is 0 Å². The lowest BCUT2D eigenvalue weighted by molar-refractivity contribution is 0.423. The van der Waals surface area contributed by atoms with Gasteiger partial charge in [-0.05, 0) is 35.9 Å². The fourth-order valence-electron chi connectivity index (χ4n) is 1.90. The summed E-state index contributed by atoms with van der Waals surface area (Å²) < 4.78 is 5.20. The number of nitrogens with zero attached hydrogens (tertiary/aromatic N) is 2. The second kappa shape index (κ2) is 5.46. The number of rotatable bonds is 3. The standard InChI is InChI=1S/C15H12ClN3O2/c16-11-4-1-9(2-5-11)7-14-18-15(21-19-14)10-3-6-12(17)13(20)8-10/h1-6,8,20H,7,17H2. The summed E-state index contributed by atoms with van der Waals surface area (Å²) in [6, 6.07) is 12.3. The molecule has 1 aromatic heterocycles. The predicted octanol–water partition coefficient (Wildman–Crippen LogP) is 3.27. The van der Waals surface area contributed by atoms with E-state index in [2.05, 4.69) is 10.1 Å². The molecule has 0 atom stereocenters. The van der Waals surface area contributed by atoms with Gasteiger partial charge >= 0.3 is 0 Å². The Kier molecular flexibility index (Phi) is 3.50. The highest BCUT2D eigenvalue weighted by Crippen LogP contribution is 2.27. The summed E-state index contributed by atoms with van der Waals surface area (Å²) >= 11 is 5.84. The van der Waals surface area contributed by atoms with Crippen molar-refractivity contribution < 1.29 is 9.63 Å². The highest BCUT2D eigenvalue weighted by molar-refractivity contribution is 6.30. The molecule has 106 valence electrons. The van der Waals surface area contributed by atoms with Crippen molar-refractivity contribution in [1.29, 1.82) is 0 Å². The van der Waals surface area contributed by atoms with Crippen LogP contribution in [0.2, 0.25) is 5.02 Å². The molecule has 0 spiro atoms. The molecule has 0 fully saturated rings. The number of hydrogen-bond acceptors (Lipinski definition) is 5. The van der Waals surface area contributed by atoms with E-state index >= 15 is 0 Å². The molecular weight excluding hydrogens is 290 g/mol. The first kappa shape index (κ1) is 13.5. The predicted molar refractivity (Wildman–Crippen MR) is 80.1 cm³/mol. The number of halogens is 1. The van der Waals surface area contributed by atoms with Crippen molar-refractivity contribution in [1.82, 2.24) is 10.1 Å². The first-order valence-electron chi connectivity index (χ1n) is 6.28. The van der Waals surface area contributed by atoms with E-state index in [1.54, 1.807) is 12.1 Å². The Labute approximate surface area is 126 Å². The second-order valence-electron chi connectivity index (χ2n) is 4.59. The summed E-state index contributed by atoms with van der Waals surface area (Å²) in [5, 5.41) is 14.2. The van der Waals surface area contributed by atoms with Gasteiger partial charge < -0.3 is 15.4 Å². The Morgan fingerprint density at radius 2 is 1.90 bits per heavy atom. The largest absolute Gasteiger partial charge is 0.506 e. The van der Waals surface area contributed by atoms with Gasteiger partial charge in [0.05, 0.1) is 5.69 Å². The zero-order chi connectivity index (χ0) is 14.8. The second-order valence-corrected chi connectivity index (χ2v) is 5.03. The molecule has 0 saturated heterocycles. The van der Waals surface area contributed by atoms with Crippen LogP contribution in [0.25, 0.3) is 11.5 Å². The fraction of sp³-hybridized carbons (Fsp3) is 0.0667. The van der Waals surface area contributed by atoms with E-state index in [0.717, 1.165) is 5.56 Å². The average molecular weight is 302 g/mol. The molecule has 0 aliphatic carbocycles. The van der Waals surface area contributed by atoms with Crippen LogP contribution in [0.3, 0.4) is 0 Å². The minimum atomic E-state index is -0.00930. The monoisotopic (exact) mass is 301 g/mol. The Morgan fingerprint density at radius 3 is 2.62 bits per heavy atom. The van der Waals surface area contributed by atoms with Gasteiger partial charge in [-0.2, -0.15) is 4.98 Å². The molecule has 0 radical (unpaired) electrons. The summed E-state index contributed by atoms with van der Waals surface area (Å²) in [6.45, 7) is 0. The van der Waals surface area contributed by atoms with Crippen LogP contribution in [0.15, 0.2) is 47.0 Å². The van der Waals surface area contributed by atoms with Crippen LogP contribution in [0.4, 0.5) is 5.69 Å². The lowest BCUT2D eigenvalue weighted by atomic mass is 10.1. The molecule has 0 bridgehead atoms. The molecule has 0 unspecified atom stereocenters. The first-order valence-corrected chi connectivity index (χ1v) is 6.65. The molecule has 0 amide bonds. The Balaban J connectivity index is 1.82. The van der Waals surface area contributed by atoms with Crippen molar-refractivity contribution in [3.8, 4) is 17.2 Å². The molecular formula is C15H12ClN3O2. The van der Waals surface area contributed by atoms with Gasteiger partial charge in [0, 0.05) is 17.0 Å². The van der Waals surface area contributed by atoms with Crippen molar-refractivity contribution in [2.45, 2.75) is 6.42 Å².